The first-order chi connectivity index (χ1) is 15.2. The monoisotopic (exact) mass is 461 g/mol. The zero-order valence-corrected chi connectivity index (χ0v) is 20.2. The van der Waals surface area contributed by atoms with E-state index in [1.54, 1.807) is 11.3 Å². The first-order valence-electron chi connectivity index (χ1n) is 11.9. The number of carbonyl (C=O) groups is 1. The minimum atomic E-state index is 0.140. The highest BCUT2D eigenvalue weighted by atomic mass is 32.2. The van der Waals surface area contributed by atoms with E-state index in [4.69, 9.17) is 9.72 Å². The number of nitrogens with one attached hydrogen (secondary N) is 1. The number of hydrogen-bond acceptors (Lipinski definition) is 6. The minimum Gasteiger partial charge on any atom is -0.494 e. The highest BCUT2D eigenvalue weighted by Crippen LogP contribution is 2.33. The molecule has 2 aliphatic rings. The van der Waals surface area contributed by atoms with Gasteiger partial charge in [0.15, 0.2) is 5.13 Å². The molecule has 31 heavy (non-hydrogen) atoms. The van der Waals surface area contributed by atoms with E-state index < -0.39 is 0 Å². The summed E-state index contributed by atoms with van der Waals surface area (Å²) < 4.78 is 6.77. The molecule has 5 nitrogen and oxygen atoms in total. The first kappa shape index (κ1) is 22.7. The van der Waals surface area contributed by atoms with Crippen LogP contribution >= 0.6 is 23.1 Å². The Hall–Kier alpha value is -1.47. The number of aromatic nitrogens is 1. The van der Waals surface area contributed by atoms with Gasteiger partial charge >= 0.3 is 0 Å². The molecule has 0 bridgehead atoms. The Morgan fingerprint density at radius 1 is 1.23 bits per heavy atom. The highest BCUT2D eigenvalue weighted by molar-refractivity contribution is 7.99. The fourth-order valence-corrected chi connectivity index (χ4v) is 6.88. The Morgan fingerprint density at radius 2 is 2.03 bits per heavy atom. The van der Waals surface area contributed by atoms with Crippen molar-refractivity contribution >= 4 is 44.4 Å². The van der Waals surface area contributed by atoms with Crippen molar-refractivity contribution in [1.82, 2.24) is 10.3 Å². The predicted octanol–water partition coefficient (Wildman–Crippen LogP) is 5.48. The molecule has 1 aliphatic carbocycles. The Balaban J connectivity index is 1.17. The molecule has 2 aromatic rings. The van der Waals surface area contributed by atoms with Crippen molar-refractivity contribution in [2.45, 2.75) is 63.5 Å². The summed E-state index contributed by atoms with van der Waals surface area (Å²) in [6.45, 7) is 5.28. The average Bonchev–Trinajstić information content (AvgIpc) is 3.23. The lowest BCUT2D eigenvalue weighted by Gasteiger charge is -2.31. The molecular weight excluding hydrogens is 426 g/mol. The molecule has 0 spiro atoms. The Kier molecular flexibility index (Phi) is 8.36. The molecule has 7 heteroatoms. The van der Waals surface area contributed by atoms with Crippen LogP contribution in [0.1, 0.15) is 58.3 Å². The summed E-state index contributed by atoms with van der Waals surface area (Å²) in [6, 6.07) is 6.10. The lowest BCUT2D eigenvalue weighted by atomic mass is 9.96. The van der Waals surface area contributed by atoms with Gasteiger partial charge < -0.3 is 15.0 Å². The third kappa shape index (κ3) is 6.28. The number of ether oxygens (including phenoxy) is 1. The maximum atomic E-state index is 12.6. The van der Waals surface area contributed by atoms with Gasteiger partial charge in [-0.3, -0.25) is 4.79 Å². The molecule has 170 valence electrons. The number of thioether (sulfide) groups is 1. The van der Waals surface area contributed by atoms with E-state index in [0.29, 0.717) is 6.61 Å². The summed E-state index contributed by atoms with van der Waals surface area (Å²) >= 11 is 3.83. The Labute approximate surface area is 194 Å². The lowest BCUT2D eigenvalue weighted by Crippen LogP contribution is -2.40. The van der Waals surface area contributed by atoms with Gasteiger partial charge in [0.1, 0.15) is 5.75 Å². The second-order valence-electron chi connectivity index (χ2n) is 8.60. The van der Waals surface area contributed by atoms with Gasteiger partial charge in [-0.15, -0.1) is 0 Å². The molecule has 4 rings (SSSR count). The Morgan fingerprint density at radius 3 is 2.81 bits per heavy atom. The highest BCUT2D eigenvalue weighted by Gasteiger charge is 2.26. The van der Waals surface area contributed by atoms with Gasteiger partial charge in [-0.2, -0.15) is 11.8 Å². The number of benzene rings is 1. The van der Waals surface area contributed by atoms with E-state index in [-0.39, 0.29) is 11.8 Å². The van der Waals surface area contributed by atoms with Crippen molar-refractivity contribution in [2.24, 2.45) is 5.92 Å². The summed E-state index contributed by atoms with van der Waals surface area (Å²) in [5.74, 6) is 2.46. The Bertz CT molecular complexity index is 842. The number of nitrogens with zero attached hydrogens (tertiary/aromatic N) is 2. The van der Waals surface area contributed by atoms with Gasteiger partial charge in [-0.05, 0) is 63.0 Å². The first-order valence-corrected chi connectivity index (χ1v) is 13.8. The maximum absolute atomic E-state index is 12.6. The quantitative estimate of drug-likeness (QED) is 0.501. The van der Waals surface area contributed by atoms with E-state index >= 15 is 0 Å². The fraction of sp³-hybridized carbons (Fsp3) is 0.667. The third-order valence-electron chi connectivity index (χ3n) is 6.32. The van der Waals surface area contributed by atoms with Crippen LogP contribution in [0.4, 0.5) is 5.13 Å². The van der Waals surface area contributed by atoms with Crippen LogP contribution in [0.15, 0.2) is 18.2 Å². The topological polar surface area (TPSA) is 54.5 Å². The number of piperidine rings is 1. The van der Waals surface area contributed by atoms with Crippen LogP contribution in [0.2, 0.25) is 0 Å². The summed E-state index contributed by atoms with van der Waals surface area (Å²) in [4.78, 5) is 19.7. The van der Waals surface area contributed by atoms with Crippen molar-refractivity contribution in [2.75, 3.05) is 36.9 Å². The normalized spacial score (nSPS) is 18.4. The number of fused-ring (bicyclic) bond motifs is 1. The molecular formula is C24H35N3O2S2. The number of rotatable bonds is 9. The summed E-state index contributed by atoms with van der Waals surface area (Å²) in [6.07, 6.45) is 9.89. The second-order valence-corrected chi connectivity index (χ2v) is 11.0. The van der Waals surface area contributed by atoms with Gasteiger partial charge in [0.05, 0.1) is 16.8 Å². The fourth-order valence-electron chi connectivity index (χ4n) is 4.53. The van der Waals surface area contributed by atoms with E-state index in [1.165, 1.54) is 37.9 Å². The molecule has 0 unspecified atom stereocenters. The van der Waals surface area contributed by atoms with Crippen LogP contribution in [0, 0.1) is 5.92 Å². The number of carbonyl (C=O) groups excluding carboxylic acids is 1. The van der Waals surface area contributed by atoms with E-state index in [0.717, 1.165) is 65.2 Å². The van der Waals surface area contributed by atoms with Crippen LogP contribution in [0.25, 0.3) is 10.2 Å². The molecule has 1 aromatic carbocycles. The van der Waals surface area contributed by atoms with Gasteiger partial charge in [0.25, 0.3) is 0 Å². The van der Waals surface area contributed by atoms with Gasteiger partial charge in [-0.1, -0.05) is 30.6 Å². The molecule has 1 aliphatic heterocycles. The van der Waals surface area contributed by atoms with Crippen molar-refractivity contribution in [3.63, 3.8) is 0 Å². The maximum Gasteiger partial charge on any atom is 0.223 e. The molecule has 1 N–H and O–H groups in total. The van der Waals surface area contributed by atoms with Crippen LogP contribution in [0.3, 0.4) is 0 Å². The van der Waals surface area contributed by atoms with E-state index in [2.05, 4.69) is 28.0 Å². The molecule has 0 radical (unpaired) electrons. The standard InChI is InChI=1S/C24H35N3O2S2/c1-2-29-19-9-10-21-22(17-19)31-24(26-21)27-14-11-18(12-15-27)23(28)25-13-6-16-30-20-7-4-3-5-8-20/h9-10,17-18,20H,2-8,11-16H2,1H3,(H,25,28). The SMILES string of the molecule is CCOc1ccc2nc(N3CCC(C(=O)NCCCSC4CCCCC4)CC3)sc2c1. The van der Waals surface area contributed by atoms with E-state index in [9.17, 15) is 4.79 Å². The smallest absolute Gasteiger partial charge is 0.223 e. The molecule has 1 aromatic heterocycles. The van der Waals surface area contributed by atoms with Crippen LogP contribution in [-0.4, -0.2) is 48.1 Å². The van der Waals surface area contributed by atoms with Gasteiger partial charge in [0.2, 0.25) is 5.91 Å². The minimum absolute atomic E-state index is 0.140. The zero-order valence-electron chi connectivity index (χ0n) is 18.6. The lowest BCUT2D eigenvalue weighted by molar-refractivity contribution is -0.125. The average molecular weight is 462 g/mol. The summed E-state index contributed by atoms with van der Waals surface area (Å²) in [5, 5.41) is 5.11. The second kappa shape index (κ2) is 11.4. The largest absolute Gasteiger partial charge is 0.494 e. The number of anilines is 1. The molecule has 1 amide bonds. The van der Waals surface area contributed by atoms with Gasteiger partial charge in [-0.25, -0.2) is 4.98 Å². The summed E-state index contributed by atoms with van der Waals surface area (Å²) in [5.41, 5.74) is 1.02. The number of thiazole rings is 1. The van der Waals surface area contributed by atoms with Crippen molar-refractivity contribution in [3.8, 4) is 5.75 Å². The van der Waals surface area contributed by atoms with Crippen LogP contribution < -0.4 is 15.0 Å². The molecule has 1 saturated carbocycles. The number of hydrogen-bond donors (Lipinski definition) is 1. The predicted molar refractivity (Wildman–Crippen MR) is 133 cm³/mol. The van der Waals surface area contributed by atoms with Gasteiger partial charge in [0, 0.05) is 30.8 Å². The van der Waals surface area contributed by atoms with Crippen molar-refractivity contribution in [1.29, 1.82) is 0 Å². The van der Waals surface area contributed by atoms with E-state index in [1.807, 2.05) is 19.1 Å². The molecule has 2 heterocycles. The summed E-state index contributed by atoms with van der Waals surface area (Å²) in [7, 11) is 0. The number of amides is 1. The van der Waals surface area contributed by atoms with Crippen molar-refractivity contribution in [3.05, 3.63) is 18.2 Å². The van der Waals surface area contributed by atoms with Crippen LogP contribution in [0.5, 0.6) is 5.75 Å². The molecule has 2 fully saturated rings. The van der Waals surface area contributed by atoms with Crippen LogP contribution in [-0.2, 0) is 4.79 Å². The molecule has 1 saturated heterocycles. The molecule has 0 atom stereocenters. The third-order valence-corrected chi connectivity index (χ3v) is 8.87. The van der Waals surface area contributed by atoms with Crippen molar-refractivity contribution < 1.29 is 9.53 Å². The zero-order chi connectivity index (χ0) is 21.5.